The smallest absolute Gasteiger partial charge is 0.164 e. The van der Waals surface area contributed by atoms with Gasteiger partial charge in [0.15, 0.2) is 5.78 Å². The molecule has 0 bridgehead atoms. The zero-order valence-corrected chi connectivity index (χ0v) is 11.6. The van der Waals surface area contributed by atoms with Crippen LogP contribution in [-0.4, -0.2) is 20.0 Å². The molecule has 0 unspecified atom stereocenters. The average molecular weight is 268 g/mol. The lowest BCUT2D eigenvalue weighted by molar-refractivity contribution is 0.0991. The molecule has 3 nitrogen and oxygen atoms in total. The van der Waals surface area contributed by atoms with E-state index in [1.807, 2.05) is 42.5 Å². The molecule has 1 atom stereocenters. The summed E-state index contributed by atoms with van der Waals surface area (Å²) in [4.78, 5) is 12.2. The molecule has 0 spiro atoms. The first-order valence-electron chi connectivity index (χ1n) is 6.58. The molecule has 2 aromatic rings. The first-order chi connectivity index (χ1) is 9.72. The number of carbonyl (C=O) groups excluding carboxylic acids is 1. The van der Waals surface area contributed by atoms with Gasteiger partial charge in [0, 0.05) is 17.9 Å². The van der Waals surface area contributed by atoms with Crippen molar-refractivity contribution >= 4 is 5.78 Å². The minimum absolute atomic E-state index is 0.110. The summed E-state index contributed by atoms with van der Waals surface area (Å²) < 4.78 is 10.5. The molecule has 1 aliphatic carbocycles. The maximum Gasteiger partial charge on any atom is 0.164 e. The number of fused-ring (bicyclic) bond motifs is 1. The molecule has 0 N–H and O–H groups in total. The third-order valence-corrected chi connectivity index (χ3v) is 3.82. The van der Waals surface area contributed by atoms with Crippen molar-refractivity contribution in [2.24, 2.45) is 0 Å². The molecule has 3 heteroatoms. The highest BCUT2D eigenvalue weighted by Gasteiger charge is 2.30. The number of hydrogen-bond acceptors (Lipinski definition) is 3. The van der Waals surface area contributed by atoms with Gasteiger partial charge in [-0.05, 0) is 35.4 Å². The Bertz CT molecular complexity index is 661. The van der Waals surface area contributed by atoms with E-state index in [0.29, 0.717) is 6.42 Å². The molecular weight excluding hydrogens is 252 g/mol. The maximum absolute atomic E-state index is 12.2. The Labute approximate surface area is 118 Å². The van der Waals surface area contributed by atoms with Gasteiger partial charge in [0.25, 0.3) is 0 Å². The lowest BCUT2D eigenvalue weighted by Crippen LogP contribution is -1.97. The van der Waals surface area contributed by atoms with Gasteiger partial charge in [-0.1, -0.05) is 18.2 Å². The lowest BCUT2D eigenvalue weighted by Gasteiger charge is -2.12. The van der Waals surface area contributed by atoms with Crippen LogP contribution in [0.25, 0.3) is 0 Å². The normalized spacial score (nSPS) is 16.9. The highest BCUT2D eigenvalue weighted by Crippen LogP contribution is 2.40. The van der Waals surface area contributed by atoms with Crippen LogP contribution in [0, 0.1) is 0 Å². The van der Waals surface area contributed by atoms with Crippen molar-refractivity contribution in [1.29, 1.82) is 0 Å². The number of carbonyl (C=O) groups is 1. The molecule has 0 aromatic heterocycles. The molecule has 0 heterocycles. The SMILES string of the molecule is COc1cccc([C@@H]2CC(=O)c3cc(OC)ccc32)c1. The van der Waals surface area contributed by atoms with E-state index in [9.17, 15) is 4.79 Å². The number of hydrogen-bond donors (Lipinski definition) is 0. The summed E-state index contributed by atoms with van der Waals surface area (Å²) in [5, 5.41) is 0. The van der Waals surface area contributed by atoms with Crippen molar-refractivity contribution in [1.82, 2.24) is 0 Å². The lowest BCUT2D eigenvalue weighted by atomic mass is 9.93. The number of ketones is 1. The van der Waals surface area contributed by atoms with Crippen LogP contribution in [0.4, 0.5) is 0 Å². The minimum Gasteiger partial charge on any atom is -0.497 e. The van der Waals surface area contributed by atoms with Gasteiger partial charge in [0.2, 0.25) is 0 Å². The van der Waals surface area contributed by atoms with Gasteiger partial charge in [-0.15, -0.1) is 0 Å². The van der Waals surface area contributed by atoms with Crippen molar-refractivity contribution in [3.05, 3.63) is 59.2 Å². The van der Waals surface area contributed by atoms with Gasteiger partial charge in [-0.2, -0.15) is 0 Å². The van der Waals surface area contributed by atoms with E-state index in [0.717, 1.165) is 28.2 Å². The van der Waals surface area contributed by atoms with Crippen molar-refractivity contribution < 1.29 is 14.3 Å². The second kappa shape index (κ2) is 5.00. The molecule has 102 valence electrons. The zero-order valence-electron chi connectivity index (χ0n) is 11.6. The topological polar surface area (TPSA) is 35.5 Å². The largest absolute Gasteiger partial charge is 0.497 e. The van der Waals surface area contributed by atoms with Crippen LogP contribution >= 0.6 is 0 Å². The van der Waals surface area contributed by atoms with Crippen molar-refractivity contribution in [3.8, 4) is 11.5 Å². The Morgan fingerprint density at radius 1 is 1.00 bits per heavy atom. The molecular formula is C17H16O3. The summed E-state index contributed by atoms with van der Waals surface area (Å²) >= 11 is 0. The number of methoxy groups -OCH3 is 2. The van der Waals surface area contributed by atoms with Gasteiger partial charge < -0.3 is 9.47 Å². The fourth-order valence-corrected chi connectivity index (χ4v) is 2.77. The highest BCUT2D eigenvalue weighted by atomic mass is 16.5. The van der Waals surface area contributed by atoms with Crippen LogP contribution in [0.1, 0.15) is 33.8 Å². The Morgan fingerprint density at radius 2 is 1.75 bits per heavy atom. The molecule has 20 heavy (non-hydrogen) atoms. The highest BCUT2D eigenvalue weighted by molar-refractivity contribution is 6.02. The van der Waals surface area contributed by atoms with Crippen molar-refractivity contribution in [2.75, 3.05) is 14.2 Å². The Hall–Kier alpha value is -2.29. The number of rotatable bonds is 3. The number of Topliss-reactive ketones (excluding diaryl/α,β-unsaturated/α-hetero) is 1. The molecule has 0 aliphatic heterocycles. The standard InChI is InChI=1S/C17H16O3/c1-19-12-5-3-4-11(8-12)15-10-17(18)16-9-13(20-2)6-7-14(15)16/h3-9,15H,10H2,1-2H3/t15-/m0/s1. The maximum atomic E-state index is 12.2. The summed E-state index contributed by atoms with van der Waals surface area (Å²) in [5.41, 5.74) is 2.96. The second-order valence-corrected chi connectivity index (χ2v) is 4.91. The van der Waals surface area contributed by atoms with Crippen LogP contribution < -0.4 is 9.47 Å². The van der Waals surface area contributed by atoms with E-state index < -0.39 is 0 Å². The number of ether oxygens (including phenoxy) is 2. The second-order valence-electron chi connectivity index (χ2n) is 4.91. The summed E-state index contributed by atoms with van der Waals surface area (Å²) in [6, 6.07) is 13.6. The number of benzene rings is 2. The first-order valence-corrected chi connectivity index (χ1v) is 6.58. The Balaban J connectivity index is 2.04. The van der Waals surface area contributed by atoms with Crippen molar-refractivity contribution in [2.45, 2.75) is 12.3 Å². The molecule has 0 radical (unpaired) electrons. The van der Waals surface area contributed by atoms with E-state index in [1.165, 1.54) is 0 Å². The van der Waals surface area contributed by atoms with Crippen LogP contribution in [0.3, 0.4) is 0 Å². The van der Waals surface area contributed by atoms with E-state index in [-0.39, 0.29) is 11.7 Å². The summed E-state index contributed by atoms with van der Waals surface area (Å²) in [6.07, 6.45) is 0.510. The fourth-order valence-electron chi connectivity index (χ4n) is 2.77. The monoisotopic (exact) mass is 268 g/mol. The summed E-state index contributed by atoms with van der Waals surface area (Å²) in [6.45, 7) is 0. The van der Waals surface area contributed by atoms with E-state index in [4.69, 9.17) is 9.47 Å². The van der Waals surface area contributed by atoms with Crippen molar-refractivity contribution in [3.63, 3.8) is 0 Å². The van der Waals surface area contributed by atoms with Crippen LogP contribution in [0.5, 0.6) is 11.5 Å². The van der Waals surface area contributed by atoms with E-state index in [2.05, 4.69) is 0 Å². The average Bonchev–Trinajstić information content (AvgIpc) is 2.84. The molecule has 0 saturated heterocycles. The fraction of sp³-hybridized carbons (Fsp3) is 0.235. The predicted octanol–water partition coefficient (Wildman–Crippen LogP) is 3.42. The van der Waals surface area contributed by atoms with Gasteiger partial charge in [0.1, 0.15) is 11.5 Å². The van der Waals surface area contributed by atoms with Crippen LogP contribution in [0.15, 0.2) is 42.5 Å². The molecule has 0 fully saturated rings. The molecule has 1 aliphatic rings. The molecule has 3 rings (SSSR count). The van der Waals surface area contributed by atoms with Gasteiger partial charge in [-0.25, -0.2) is 0 Å². The third-order valence-electron chi connectivity index (χ3n) is 3.82. The third kappa shape index (κ3) is 2.05. The zero-order chi connectivity index (χ0) is 14.1. The Morgan fingerprint density at radius 3 is 2.50 bits per heavy atom. The summed E-state index contributed by atoms with van der Waals surface area (Å²) in [7, 11) is 3.26. The molecule has 2 aromatic carbocycles. The van der Waals surface area contributed by atoms with Gasteiger partial charge in [0.05, 0.1) is 14.2 Å². The predicted molar refractivity (Wildman–Crippen MR) is 76.8 cm³/mol. The molecule has 0 amide bonds. The van der Waals surface area contributed by atoms with E-state index in [1.54, 1.807) is 14.2 Å². The Kier molecular flexibility index (Phi) is 3.18. The van der Waals surface area contributed by atoms with Gasteiger partial charge >= 0.3 is 0 Å². The molecule has 0 saturated carbocycles. The quantitative estimate of drug-likeness (QED) is 0.855. The van der Waals surface area contributed by atoms with Gasteiger partial charge in [-0.3, -0.25) is 4.79 Å². The minimum atomic E-state index is 0.110. The first kappa shape index (κ1) is 12.7. The van der Waals surface area contributed by atoms with Crippen LogP contribution in [-0.2, 0) is 0 Å². The summed E-state index contributed by atoms with van der Waals surface area (Å²) in [5.74, 6) is 1.82. The van der Waals surface area contributed by atoms with Crippen LogP contribution in [0.2, 0.25) is 0 Å². The van der Waals surface area contributed by atoms with E-state index >= 15 is 0 Å².